The third-order valence-electron chi connectivity index (χ3n) is 5.90. The number of methoxy groups -OCH3 is 1. The van der Waals surface area contributed by atoms with Gasteiger partial charge in [-0.15, -0.1) is 11.3 Å². The first-order valence-corrected chi connectivity index (χ1v) is 11.5. The van der Waals surface area contributed by atoms with E-state index >= 15 is 0 Å². The minimum atomic E-state index is 0.00273. The van der Waals surface area contributed by atoms with Crippen LogP contribution in [0.3, 0.4) is 0 Å². The van der Waals surface area contributed by atoms with Crippen molar-refractivity contribution in [2.75, 3.05) is 33.8 Å². The average Bonchev–Trinajstić information content (AvgIpc) is 3.33. The van der Waals surface area contributed by atoms with E-state index in [9.17, 15) is 4.79 Å². The van der Waals surface area contributed by atoms with Crippen molar-refractivity contribution in [1.29, 1.82) is 0 Å². The Kier molecular flexibility index (Phi) is 6.94. The van der Waals surface area contributed by atoms with Crippen molar-refractivity contribution in [3.63, 3.8) is 0 Å². The van der Waals surface area contributed by atoms with Crippen LogP contribution in [0.5, 0.6) is 5.75 Å². The van der Waals surface area contributed by atoms with Crippen molar-refractivity contribution in [2.45, 2.75) is 25.3 Å². The Morgan fingerprint density at radius 2 is 1.97 bits per heavy atom. The van der Waals surface area contributed by atoms with Gasteiger partial charge in [-0.05, 0) is 49.2 Å². The summed E-state index contributed by atoms with van der Waals surface area (Å²) < 4.78 is 5.21. The van der Waals surface area contributed by atoms with Gasteiger partial charge < -0.3 is 14.5 Å². The molecule has 0 N–H and O–H groups in total. The van der Waals surface area contributed by atoms with Crippen LogP contribution < -0.4 is 4.74 Å². The van der Waals surface area contributed by atoms with Crippen LogP contribution in [0.25, 0.3) is 10.6 Å². The van der Waals surface area contributed by atoms with Gasteiger partial charge in [0.25, 0.3) is 5.91 Å². The van der Waals surface area contributed by atoms with E-state index in [0.29, 0.717) is 5.69 Å². The average molecular weight is 437 g/mol. The Hall–Kier alpha value is -2.77. The van der Waals surface area contributed by atoms with Crippen LogP contribution in [0, 0.1) is 0 Å². The Bertz CT molecular complexity index is 982. The molecular formula is C24H28N4O2S. The third kappa shape index (κ3) is 5.29. The van der Waals surface area contributed by atoms with Gasteiger partial charge in [0, 0.05) is 62.0 Å². The first-order chi connectivity index (χ1) is 15.1. The van der Waals surface area contributed by atoms with Crippen molar-refractivity contribution in [1.82, 2.24) is 19.8 Å². The number of benzene rings is 1. The molecule has 2 aromatic heterocycles. The molecule has 31 heavy (non-hydrogen) atoms. The van der Waals surface area contributed by atoms with Crippen LogP contribution in [0.15, 0.2) is 54.0 Å². The zero-order valence-electron chi connectivity index (χ0n) is 18.0. The fraction of sp³-hybridized carbons (Fsp3) is 0.375. The summed E-state index contributed by atoms with van der Waals surface area (Å²) >= 11 is 1.50. The summed E-state index contributed by atoms with van der Waals surface area (Å²) in [6, 6.07) is 14.1. The van der Waals surface area contributed by atoms with E-state index < -0.39 is 0 Å². The number of ether oxygens (including phenoxy) is 1. The van der Waals surface area contributed by atoms with Gasteiger partial charge in [0.15, 0.2) is 0 Å². The lowest BCUT2D eigenvalue weighted by Crippen LogP contribution is -2.46. The fourth-order valence-corrected chi connectivity index (χ4v) is 4.73. The minimum absolute atomic E-state index is 0.00273. The summed E-state index contributed by atoms with van der Waals surface area (Å²) in [4.78, 5) is 26.4. The molecule has 1 fully saturated rings. The Balaban J connectivity index is 1.30. The highest BCUT2D eigenvalue weighted by atomic mass is 32.1. The molecule has 0 spiro atoms. The number of carbonyl (C=O) groups excluding carboxylic acids is 1. The lowest BCUT2D eigenvalue weighted by molar-refractivity contribution is 0.0638. The number of nitrogens with zero attached hydrogens (tertiary/aromatic N) is 4. The van der Waals surface area contributed by atoms with Crippen LogP contribution in [-0.4, -0.2) is 65.5 Å². The number of piperidine rings is 1. The van der Waals surface area contributed by atoms with Crippen molar-refractivity contribution < 1.29 is 9.53 Å². The molecule has 3 heterocycles. The Labute approximate surface area is 187 Å². The molecule has 0 unspecified atom stereocenters. The van der Waals surface area contributed by atoms with Crippen LogP contribution in [0.1, 0.15) is 29.0 Å². The third-order valence-corrected chi connectivity index (χ3v) is 6.79. The zero-order chi connectivity index (χ0) is 21.6. The van der Waals surface area contributed by atoms with E-state index in [0.717, 1.165) is 60.9 Å². The van der Waals surface area contributed by atoms with Gasteiger partial charge in [0.05, 0.1) is 7.11 Å². The summed E-state index contributed by atoms with van der Waals surface area (Å²) in [7, 11) is 3.55. The molecule has 1 aromatic carbocycles. The first-order valence-electron chi connectivity index (χ1n) is 10.6. The molecule has 1 aliphatic heterocycles. The number of aromatic nitrogens is 2. The second-order valence-electron chi connectivity index (χ2n) is 7.83. The Morgan fingerprint density at radius 1 is 1.19 bits per heavy atom. The van der Waals surface area contributed by atoms with Crippen LogP contribution >= 0.6 is 11.3 Å². The molecule has 0 atom stereocenters. The van der Waals surface area contributed by atoms with Gasteiger partial charge >= 0.3 is 0 Å². The molecule has 3 aromatic rings. The zero-order valence-corrected chi connectivity index (χ0v) is 18.8. The summed E-state index contributed by atoms with van der Waals surface area (Å²) in [6.07, 6.45) is 4.79. The molecule has 6 nitrogen and oxygen atoms in total. The van der Waals surface area contributed by atoms with Crippen molar-refractivity contribution in [2.24, 2.45) is 0 Å². The summed E-state index contributed by atoms with van der Waals surface area (Å²) in [5.41, 5.74) is 2.65. The highest BCUT2D eigenvalue weighted by Crippen LogP contribution is 2.27. The van der Waals surface area contributed by atoms with Gasteiger partial charge in [0.1, 0.15) is 16.5 Å². The number of amides is 1. The number of rotatable bonds is 7. The predicted octanol–water partition coefficient (Wildman–Crippen LogP) is 3.99. The number of hydrogen-bond donors (Lipinski definition) is 0. The maximum absolute atomic E-state index is 13.0. The van der Waals surface area contributed by atoms with Crippen LogP contribution in [0.2, 0.25) is 0 Å². The van der Waals surface area contributed by atoms with Gasteiger partial charge in [-0.2, -0.15) is 0 Å². The van der Waals surface area contributed by atoms with Crippen molar-refractivity contribution >= 4 is 17.2 Å². The van der Waals surface area contributed by atoms with E-state index in [1.165, 1.54) is 11.3 Å². The van der Waals surface area contributed by atoms with E-state index in [2.05, 4.69) is 20.9 Å². The predicted molar refractivity (Wildman–Crippen MR) is 124 cm³/mol. The van der Waals surface area contributed by atoms with Gasteiger partial charge in [0.2, 0.25) is 0 Å². The van der Waals surface area contributed by atoms with E-state index in [1.54, 1.807) is 7.11 Å². The van der Waals surface area contributed by atoms with E-state index in [1.807, 2.05) is 59.9 Å². The van der Waals surface area contributed by atoms with E-state index in [4.69, 9.17) is 4.74 Å². The summed E-state index contributed by atoms with van der Waals surface area (Å²) in [5, 5.41) is 2.71. The monoisotopic (exact) mass is 436 g/mol. The molecular weight excluding hydrogens is 408 g/mol. The SMILES string of the molecule is COc1ccc(-c2nc(C(=O)N(C)C3CCN(CCc4ccccn4)CC3)cs2)cc1. The second-order valence-corrected chi connectivity index (χ2v) is 8.68. The van der Waals surface area contributed by atoms with Gasteiger partial charge in [-0.3, -0.25) is 9.78 Å². The van der Waals surface area contributed by atoms with Crippen LogP contribution in [-0.2, 0) is 6.42 Å². The molecule has 0 saturated carbocycles. The molecule has 7 heteroatoms. The fourth-order valence-electron chi connectivity index (χ4n) is 3.93. The molecule has 0 aliphatic carbocycles. The Morgan fingerprint density at radius 3 is 2.65 bits per heavy atom. The summed E-state index contributed by atoms with van der Waals surface area (Å²) in [5.74, 6) is 0.811. The van der Waals surface area contributed by atoms with Gasteiger partial charge in [-0.25, -0.2) is 4.98 Å². The molecule has 4 rings (SSSR count). The highest BCUT2D eigenvalue weighted by Gasteiger charge is 2.27. The topological polar surface area (TPSA) is 58.6 Å². The number of thiazole rings is 1. The molecule has 0 bridgehead atoms. The molecule has 162 valence electrons. The minimum Gasteiger partial charge on any atom is -0.497 e. The standard InChI is InChI=1S/C24H28N4O2S/c1-27(20-11-15-28(16-12-20)14-10-19-5-3-4-13-25-19)24(29)22-17-31-23(26-22)18-6-8-21(30-2)9-7-18/h3-9,13,17,20H,10-12,14-16H2,1-2H3. The van der Waals surface area contributed by atoms with E-state index in [-0.39, 0.29) is 11.9 Å². The lowest BCUT2D eigenvalue weighted by atomic mass is 10.0. The van der Waals surface area contributed by atoms with Gasteiger partial charge in [-0.1, -0.05) is 6.07 Å². The molecule has 0 radical (unpaired) electrons. The van der Waals surface area contributed by atoms with Crippen LogP contribution in [0.4, 0.5) is 0 Å². The normalized spacial score (nSPS) is 15.0. The lowest BCUT2D eigenvalue weighted by Gasteiger charge is -2.36. The van der Waals surface area contributed by atoms with Crippen molar-refractivity contribution in [3.8, 4) is 16.3 Å². The number of carbonyl (C=O) groups is 1. The quantitative estimate of drug-likeness (QED) is 0.560. The largest absolute Gasteiger partial charge is 0.497 e. The smallest absolute Gasteiger partial charge is 0.273 e. The number of likely N-dealkylation sites (tertiary alicyclic amines) is 1. The number of hydrogen-bond acceptors (Lipinski definition) is 6. The van der Waals surface area contributed by atoms with Crippen molar-refractivity contribution in [3.05, 3.63) is 65.4 Å². The molecule has 1 amide bonds. The molecule has 1 saturated heterocycles. The maximum atomic E-state index is 13.0. The maximum Gasteiger partial charge on any atom is 0.273 e. The molecule has 1 aliphatic rings. The first kappa shape index (κ1) is 21.5. The summed E-state index contributed by atoms with van der Waals surface area (Å²) in [6.45, 7) is 3.02. The highest BCUT2D eigenvalue weighted by molar-refractivity contribution is 7.13. The second kappa shape index (κ2) is 10.0. The number of pyridine rings is 1.